The highest BCUT2D eigenvalue weighted by Crippen LogP contribution is 2.58. The van der Waals surface area contributed by atoms with Gasteiger partial charge in [-0.1, -0.05) is 126 Å². The minimum atomic E-state index is -2.08. The first-order valence-electron chi connectivity index (χ1n) is 29.8. The van der Waals surface area contributed by atoms with Gasteiger partial charge in [0.05, 0.1) is 34.2 Å². The Labute approximate surface area is 555 Å². The zero-order valence-electron chi connectivity index (χ0n) is 52.3. The Morgan fingerprint density at radius 1 is 0.593 bits per heavy atom. The van der Waals surface area contributed by atoms with E-state index in [1.54, 1.807) is 36.7 Å². The predicted molar refractivity (Wildman–Crippen MR) is 362 cm³/mol. The van der Waals surface area contributed by atoms with Gasteiger partial charge in [0, 0.05) is 51.6 Å². The van der Waals surface area contributed by atoms with Gasteiger partial charge in [-0.2, -0.15) is 15.4 Å². The lowest BCUT2D eigenvalue weighted by atomic mass is 9.75. The van der Waals surface area contributed by atoms with Gasteiger partial charge in [-0.25, -0.2) is 24.8 Å². The minimum Gasteiger partial charge on any atom is -1.00 e. The van der Waals surface area contributed by atoms with Crippen LogP contribution in [-0.4, -0.2) is 68.9 Å². The van der Waals surface area contributed by atoms with E-state index in [1.165, 1.54) is 38.7 Å². The monoisotopic (exact) mass is 1330 g/mol. The zero-order valence-corrected chi connectivity index (χ0v) is 56.2. The second-order valence-electron chi connectivity index (χ2n) is 25.1. The third-order valence-electron chi connectivity index (χ3n) is 16.5. The van der Waals surface area contributed by atoms with Gasteiger partial charge in [-0.05, 0) is 183 Å². The summed E-state index contributed by atoms with van der Waals surface area (Å²) >= 11 is 13.4. The molecule has 2 N–H and O–H groups in total. The summed E-state index contributed by atoms with van der Waals surface area (Å²) in [6.45, 7) is 23.9. The summed E-state index contributed by atoms with van der Waals surface area (Å²) in [4.78, 5) is 31.0. The molecule has 0 amide bonds. The first-order valence-corrected chi connectivity index (χ1v) is 32.5. The molecular formula is C74H74BrCl2N8O5P. The van der Waals surface area contributed by atoms with Gasteiger partial charge in [0.25, 0.3) is 0 Å². The van der Waals surface area contributed by atoms with Crippen molar-refractivity contribution >= 4 is 64.4 Å². The number of para-hydroxylation sites is 1. The molecule has 4 heterocycles. The number of benzene rings is 7. The van der Waals surface area contributed by atoms with E-state index in [9.17, 15) is 20.5 Å². The number of aromatic nitrogens is 4. The average Bonchev–Trinajstić information content (AvgIpc) is 0.804. The van der Waals surface area contributed by atoms with Gasteiger partial charge >= 0.3 is 0 Å². The molecule has 466 valence electrons. The molecule has 9 aromatic rings. The van der Waals surface area contributed by atoms with Crippen LogP contribution in [0.4, 0.5) is 5.69 Å². The SMILES string of the molecule is CC1(C)CC(/C=C/c2ccc(Oc3cccc(-c4ccncn4)c3C#N)c(Cl)c2)CC(C)(C)N1O.CC1(C)CC(C=O)CC(C)(C)N1O.[Br-].[C-]#[N+]c1c(Oc2ccc(C[P+](c3ccccc3)(c3ccccc3)c3ccccc3)cc2Cl)cccc1-c1ccncn1. The number of hydroxylamine groups is 4. The van der Waals surface area contributed by atoms with Crippen LogP contribution in [0.2, 0.25) is 10.0 Å². The molecule has 0 spiro atoms. The summed E-state index contributed by atoms with van der Waals surface area (Å²) in [5.41, 5.74) is 4.28. The summed E-state index contributed by atoms with van der Waals surface area (Å²) in [6, 6.07) is 60.5. The van der Waals surface area contributed by atoms with Crippen LogP contribution >= 0.6 is 30.5 Å². The maximum Gasteiger partial charge on any atom is 0.237 e. The standard InChI is InChI=1S/C36H26ClN3OP.C28H29ClN4O2.C10H19NO2.BrH/c1-38-36-31(33-22-23-39-26-40-33)18-11-19-35(36)41-34-21-20-27(24-32(34)37)25-42(28-12-5-2-6-13-28,29-14-7-3-8-15-29)30-16-9-4-10-17-30;1-27(2)15-20(16-28(3,4)33(27)34)9-8-19-10-11-26(23(29)14-19)35-25-7-5-6-21(22(25)17-30)24-12-13-31-18-32-24;1-9(2)5-8(7-12)6-10(3,4)11(9)13;/h2-24,26H,25H2;5-14,18,20,34H,15-16H2,1-4H3;7-8,13H,5-6H2,1-4H3;1H/q+1;;;/p-1/b;9-8+;;. The number of aldehydes is 1. The van der Waals surface area contributed by atoms with Crippen LogP contribution in [0.3, 0.4) is 0 Å². The lowest BCUT2D eigenvalue weighted by Crippen LogP contribution is -3.00. The van der Waals surface area contributed by atoms with Crippen LogP contribution in [0, 0.1) is 29.7 Å². The number of ether oxygens (including phenoxy) is 2. The summed E-state index contributed by atoms with van der Waals surface area (Å²) in [5, 5.41) is 38.0. The predicted octanol–water partition coefficient (Wildman–Crippen LogP) is 14.6. The van der Waals surface area contributed by atoms with Crippen LogP contribution in [0.5, 0.6) is 23.0 Å². The van der Waals surface area contributed by atoms with Crippen molar-refractivity contribution < 1.29 is 41.7 Å². The van der Waals surface area contributed by atoms with Crippen molar-refractivity contribution in [1.29, 1.82) is 5.26 Å². The minimum absolute atomic E-state index is 0. The summed E-state index contributed by atoms with van der Waals surface area (Å²) in [6.07, 6.45) is 15.5. The Bertz CT molecular complexity index is 3910. The molecule has 91 heavy (non-hydrogen) atoms. The third-order valence-corrected chi connectivity index (χ3v) is 21.4. The molecule has 2 fully saturated rings. The summed E-state index contributed by atoms with van der Waals surface area (Å²) < 4.78 is 12.3. The van der Waals surface area contributed by atoms with Crippen LogP contribution in [0.15, 0.2) is 207 Å². The average molecular weight is 1340 g/mol. The quantitative estimate of drug-likeness (QED) is 0.0603. The Morgan fingerprint density at radius 2 is 1.04 bits per heavy atom. The van der Waals surface area contributed by atoms with Crippen LogP contribution < -0.4 is 42.4 Å². The Hall–Kier alpha value is -7.98. The van der Waals surface area contributed by atoms with Gasteiger partial charge in [0.2, 0.25) is 5.69 Å². The number of nitrogens with zero attached hydrogens (tertiary/aromatic N) is 8. The smallest absolute Gasteiger partial charge is 0.237 e. The fourth-order valence-corrected chi connectivity index (χ4v) is 17.4. The highest BCUT2D eigenvalue weighted by molar-refractivity contribution is 7.95. The first-order chi connectivity index (χ1) is 43.1. The number of carbonyl (C=O) groups is 1. The summed E-state index contributed by atoms with van der Waals surface area (Å²) in [7, 11) is -2.08. The molecule has 2 aliphatic heterocycles. The number of hydrogen-bond donors (Lipinski definition) is 2. The number of halogens is 3. The van der Waals surface area contributed by atoms with E-state index in [4.69, 9.17) is 39.2 Å². The van der Waals surface area contributed by atoms with Crippen molar-refractivity contribution in [1.82, 2.24) is 30.1 Å². The van der Waals surface area contributed by atoms with Crippen molar-refractivity contribution in [3.8, 4) is 51.6 Å². The van der Waals surface area contributed by atoms with E-state index in [1.807, 2.05) is 82.3 Å². The molecule has 0 bridgehead atoms. The van der Waals surface area contributed by atoms with Crippen LogP contribution in [0.1, 0.15) is 97.8 Å². The van der Waals surface area contributed by atoms with Gasteiger partial charge in [0.15, 0.2) is 0 Å². The molecule has 7 aromatic carbocycles. The fourth-order valence-electron chi connectivity index (χ4n) is 12.7. The molecular weight excluding hydrogens is 1260 g/mol. The van der Waals surface area contributed by atoms with E-state index in [0.29, 0.717) is 72.7 Å². The number of piperidine rings is 2. The first kappa shape index (κ1) is 68.9. The normalized spacial score (nSPS) is 16.1. The van der Waals surface area contributed by atoms with Crippen molar-refractivity contribution in [2.24, 2.45) is 11.8 Å². The van der Waals surface area contributed by atoms with E-state index in [0.717, 1.165) is 49.3 Å². The Balaban J connectivity index is 0.000000196. The largest absolute Gasteiger partial charge is 1.00 e. The van der Waals surface area contributed by atoms with Crippen LogP contribution in [-0.2, 0) is 11.0 Å². The second-order valence-corrected chi connectivity index (χ2v) is 29.4. The van der Waals surface area contributed by atoms with Crippen molar-refractivity contribution in [3.63, 3.8) is 0 Å². The second kappa shape index (κ2) is 30.0. The third kappa shape index (κ3) is 16.2. The van der Waals surface area contributed by atoms with Crippen molar-refractivity contribution in [2.45, 2.75) is 109 Å². The van der Waals surface area contributed by atoms with Gasteiger partial charge < -0.3 is 41.7 Å². The maximum absolute atomic E-state index is 10.7. The molecule has 2 saturated heterocycles. The fraction of sp³-hybridized carbons (Fsp3) is 0.257. The van der Waals surface area contributed by atoms with Gasteiger partial charge in [-0.15, -0.1) is 0 Å². The van der Waals surface area contributed by atoms with Gasteiger partial charge in [0.1, 0.15) is 76.7 Å². The molecule has 2 aromatic heterocycles. The van der Waals surface area contributed by atoms with E-state index < -0.39 is 7.26 Å². The molecule has 2 aliphatic rings. The molecule has 0 atom stereocenters. The highest BCUT2D eigenvalue weighted by atomic mass is 79.9. The molecule has 11 rings (SSSR count). The van der Waals surface area contributed by atoms with Crippen molar-refractivity contribution in [2.75, 3.05) is 0 Å². The molecule has 13 nitrogen and oxygen atoms in total. The molecule has 0 unspecified atom stereocenters. The number of hydrogen-bond acceptors (Lipinski definition) is 12. The van der Waals surface area contributed by atoms with Gasteiger partial charge in [-0.3, -0.25) is 0 Å². The Kier molecular flexibility index (Phi) is 22.7. The van der Waals surface area contributed by atoms with E-state index in [-0.39, 0.29) is 45.1 Å². The zero-order chi connectivity index (χ0) is 64.3. The topological polar surface area (TPSA) is 162 Å². The van der Waals surface area contributed by atoms with Crippen LogP contribution in [0.25, 0.3) is 33.4 Å². The lowest BCUT2D eigenvalue weighted by molar-refractivity contribution is -0.248. The number of rotatable bonds is 14. The summed E-state index contributed by atoms with van der Waals surface area (Å²) in [5.74, 6) is 2.21. The number of carbonyl (C=O) groups excluding carboxylic acids is 1. The molecule has 0 aliphatic carbocycles. The van der Waals surface area contributed by atoms with Crippen molar-refractivity contribution in [3.05, 3.63) is 245 Å². The molecule has 0 radical (unpaired) electrons. The lowest BCUT2D eigenvalue weighted by Gasteiger charge is -2.51. The van der Waals surface area contributed by atoms with E-state index in [2.05, 4.69) is 168 Å². The molecule has 17 heteroatoms. The number of allylic oxidation sites excluding steroid dienone is 1. The van der Waals surface area contributed by atoms with E-state index >= 15 is 0 Å². The number of nitriles is 1. The highest BCUT2D eigenvalue weighted by Gasteiger charge is 2.47. The molecule has 0 saturated carbocycles. The maximum atomic E-state index is 10.7. The Morgan fingerprint density at radius 3 is 1.49 bits per heavy atom.